The molecule has 0 aliphatic carbocycles. The molecule has 1 N–H and O–H groups in total. The summed E-state index contributed by atoms with van der Waals surface area (Å²) in [5.41, 5.74) is 0. The average molecular weight is 781 g/mol. The highest BCUT2D eigenvalue weighted by atomic mass is 16.6. The minimum Gasteiger partial charge on any atom is -0.477 e. The molecule has 0 bridgehead atoms. The van der Waals surface area contributed by atoms with Gasteiger partial charge in [0.15, 0.2) is 12.1 Å². The van der Waals surface area contributed by atoms with Gasteiger partial charge < -0.3 is 23.8 Å². The van der Waals surface area contributed by atoms with Gasteiger partial charge in [-0.25, -0.2) is 4.79 Å². The van der Waals surface area contributed by atoms with Crippen LogP contribution in [0.15, 0.2) is 12.2 Å². The maximum absolute atomic E-state index is 12.7. The second kappa shape index (κ2) is 38.9. The third kappa shape index (κ3) is 37.4. The maximum Gasteiger partial charge on any atom is 0.362 e. The number of aliphatic carboxylic acids is 1. The standard InChI is InChI=1S/C47H89NO7/c1-6-8-10-12-14-16-18-20-22-24-25-27-29-31-33-35-37-45(49)54-42-43(41-53-40-39-44(47(51)52)48(3,4)5)55-46(50)38-36-34-32-30-28-26-23-21-19-17-15-13-11-9-7-2/h22,24,43-44H,6-21,23,25-42H2,1-5H3/p+1/b24-22+. The Kier molecular flexibility index (Phi) is 37.6. The van der Waals surface area contributed by atoms with E-state index in [1.807, 2.05) is 21.1 Å². The van der Waals surface area contributed by atoms with Crippen LogP contribution in [0.2, 0.25) is 0 Å². The van der Waals surface area contributed by atoms with Gasteiger partial charge in [0.05, 0.1) is 34.4 Å². The fraction of sp³-hybridized carbons (Fsp3) is 0.894. The molecule has 55 heavy (non-hydrogen) atoms. The fourth-order valence-electron chi connectivity index (χ4n) is 7.03. The SMILES string of the molecule is CCCCCCCCC/C=C/CCCCCCCC(=O)OCC(COCCC(C(=O)O)[N+](C)(C)C)OC(=O)CCCCCCCCCCCCCCCCC. The van der Waals surface area contributed by atoms with Crippen molar-refractivity contribution in [2.75, 3.05) is 41.0 Å². The molecule has 0 aromatic heterocycles. The number of carbonyl (C=O) groups is 3. The van der Waals surface area contributed by atoms with E-state index in [1.165, 1.54) is 141 Å². The molecule has 0 rings (SSSR count). The first-order valence-corrected chi connectivity index (χ1v) is 23.2. The second-order valence-corrected chi connectivity index (χ2v) is 17.0. The molecule has 0 saturated heterocycles. The summed E-state index contributed by atoms with van der Waals surface area (Å²) in [5.74, 6) is -1.46. The van der Waals surface area contributed by atoms with Gasteiger partial charge in [-0.15, -0.1) is 0 Å². The Morgan fingerprint density at radius 3 is 1.31 bits per heavy atom. The summed E-state index contributed by atoms with van der Waals surface area (Å²) in [5, 5.41) is 9.62. The predicted octanol–water partition coefficient (Wildman–Crippen LogP) is 12.7. The molecule has 8 nitrogen and oxygen atoms in total. The van der Waals surface area contributed by atoms with Gasteiger partial charge in [0, 0.05) is 19.3 Å². The van der Waals surface area contributed by atoms with E-state index in [0.29, 0.717) is 19.3 Å². The smallest absolute Gasteiger partial charge is 0.362 e. The number of esters is 2. The summed E-state index contributed by atoms with van der Waals surface area (Å²) >= 11 is 0. The summed E-state index contributed by atoms with van der Waals surface area (Å²) in [6.45, 7) is 4.75. The van der Waals surface area contributed by atoms with E-state index in [1.54, 1.807) is 0 Å². The number of rotatable bonds is 42. The second-order valence-electron chi connectivity index (χ2n) is 17.0. The molecule has 2 atom stereocenters. The normalized spacial score (nSPS) is 13.0. The first-order chi connectivity index (χ1) is 26.6. The van der Waals surface area contributed by atoms with Gasteiger partial charge in [0.1, 0.15) is 6.61 Å². The molecular weight excluding hydrogens is 691 g/mol. The Labute approximate surface area is 339 Å². The van der Waals surface area contributed by atoms with Crippen LogP contribution >= 0.6 is 0 Å². The third-order valence-corrected chi connectivity index (χ3v) is 10.7. The van der Waals surface area contributed by atoms with Crippen LogP contribution in [0, 0.1) is 0 Å². The van der Waals surface area contributed by atoms with E-state index in [4.69, 9.17) is 14.2 Å². The van der Waals surface area contributed by atoms with E-state index in [2.05, 4.69) is 26.0 Å². The minimum absolute atomic E-state index is 0.0493. The van der Waals surface area contributed by atoms with Crippen LogP contribution in [0.25, 0.3) is 0 Å². The number of likely N-dealkylation sites (N-methyl/N-ethyl adjacent to an activating group) is 1. The first-order valence-electron chi connectivity index (χ1n) is 23.2. The zero-order valence-electron chi connectivity index (χ0n) is 36.9. The number of ether oxygens (including phenoxy) is 3. The summed E-state index contributed by atoms with van der Waals surface area (Å²) < 4.78 is 17.3. The third-order valence-electron chi connectivity index (χ3n) is 10.7. The molecule has 0 aliphatic rings. The largest absolute Gasteiger partial charge is 0.477 e. The van der Waals surface area contributed by atoms with Crippen LogP contribution in [-0.4, -0.2) is 80.6 Å². The Bertz CT molecular complexity index is 915. The van der Waals surface area contributed by atoms with Crippen LogP contribution in [0.1, 0.15) is 219 Å². The van der Waals surface area contributed by atoms with Gasteiger partial charge in [-0.3, -0.25) is 9.59 Å². The Morgan fingerprint density at radius 2 is 0.909 bits per heavy atom. The summed E-state index contributed by atoms with van der Waals surface area (Å²) in [4.78, 5) is 37.0. The highest BCUT2D eigenvalue weighted by molar-refractivity contribution is 5.72. The molecule has 0 aromatic carbocycles. The van der Waals surface area contributed by atoms with Crippen molar-refractivity contribution in [3.63, 3.8) is 0 Å². The van der Waals surface area contributed by atoms with Crippen LogP contribution < -0.4 is 0 Å². The van der Waals surface area contributed by atoms with Gasteiger partial charge in [-0.2, -0.15) is 0 Å². The number of carboxylic acid groups (broad SMARTS) is 1. The molecule has 2 unspecified atom stereocenters. The molecular formula is C47H90NO7+. The van der Waals surface area contributed by atoms with E-state index < -0.39 is 18.1 Å². The topological polar surface area (TPSA) is 99.1 Å². The number of hydrogen-bond acceptors (Lipinski definition) is 6. The minimum atomic E-state index is -0.873. The van der Waals surface area contributed by atoms with Gasteiger partial charge in [0.2, 0.25) is 0 Å². The summed E-state index contributed by atoms with van der Waals surface area (Å²) in [6.07, 6.45) is 41.0. The van der Waals surface area contributed by atoms with Gasteiger partial charge >= 0.3 is 17.9 Å². The predicted molar refractivity (Wildman–Crippen MR) is 229 cm³/mol. The fourth-order valence-corrected chi connectivity index (χ4v) is 7.03. The van der Waals surface area contributed by atoms with Crippen LogP contribution in [0.3, 0.4) is 0 Å². The highest BCUT2D eigenvalue weighted by Gasteiger charge is 2.31. The Morgan fingerprint density at radius 1 is 0.527 bits per heavy atom. The Balaban J connectivity index is 4.30. The first kappa shape index (κ1) is 53.1. The van der Waals surface area contributed by atoms with E-state index in [9.17, 15) is 19.5 Å². The molecule has 0 amide bonds. The number of carboxylic acids is 1. The molecule has 0 spiro atoms. The molecule has 0 saturated carbocycles. The van der Waals surface area contributed by atoms with Crippen LogP contribution in [-0.2, 0) is 28.6 Å². The maximum atomic E-state index is 12.7. The number of nitrogens with zero attached hydrogens (tertiary/aromatic N) is 1. The van der Waals surface area contributed by atoms with Gasteiger partial charge in [-0.1, -0.05) is 174 Å². The Hall–Kier alpha value is -1.93. The number of quaternary nitrogens is 1. The number of carbonyl (C=O) groups excluding carboxylic acids is 2. The average Bonchev–Trinajstić information content (AvgIpc) is 3.14. The molecule has 0 radical (unpaired) electrons. The van der Waals surface area contributed by atoms with Crippen molar-refractivity contribution in [1.29, 1.82) is 0 Å². The lowest BCUT2D eigenvalue weighted by molar-refractivity contribution is -0.887. The lowest BCUT2D eigenvalue weighted by atomic mass is 10.0. The lowest BCUT2D eigenvalue weighted by Gasteiger charge is -2.31. The molecule has 0 aliphatic heterocycles. The molecule has 8 heteroatoms. The monoisotopic (exact) mass is 781 g/mol. The summed E-state index contributed by atoms with van der Waals surface area (Å²) in [6, 6.07) is -0.611. The van der Waals surface area contributed by atoms with Crippen molar-refractivity contribution in [3.05, 3.63) is 12.2 Å². The zero-order valence-corrected chi connectivity index (χ0v) is 36.9. The van der Waals surface area contributed by atoms with Crippen molar-refractivity contribution in [2.45, 2.75) is 231 Å². The molecule has 0 aromatic rings. The molecule has 0 heterocycles. The van der Waals surface area contributed by atoms with E-state index >= 15 is 0 Å². The molecule has 324 valence electrons. The number of hydrogen-bond donors (Lipinski definition) is 1. The lowest BCUT2D eigenvalue weighted by Crippen LogP contribution is -2.50. The van der Waals surface area contributed by atoms with Crippen LogP contribution in [0.4, 0.5) is 0 Å². The van der Waals surface area contributed by atoms with E-state index in [0.717, 1.165) is 44.9 Å². The quantitative estimate of drug-likeness (QED) is 0.0285. The zero-order chi connectivity index (χ0) is 40.7. The van der Waals surface area contributed by atoms with Crippen molar-refractivity contribution < 1.29 is 38.2 Å². The van der Waals surface area contributed by atoms with Crippen molar-refractivity contribution in [3.8, 4) is 0 Å². The van der Waals surface area contributed by atoms with Gasteiger partial charge in [-0.05, 0) is 38.5 Å². The van der Waals surface area contributed by atoms with Crippen molar-refractivity contribution in [2.24, 2.45) is 0 Å². The van der Waals surface area contributed by atoms with E-state index in [-0.39, 0.29) is 36.2 Å². The van der Waals surface area contributed by atoms with Crippen LogP contribution in [0.5, 0.6) is 0 Å². The van der Waals surface area contributed by atoms with Crippen molar-refractivity contribution in [1.82, 2.24) is 0 Å². The highest BCUT2D eigenvalue weighted by Crippen LogP contribution is 2.15. The van der Waals surface area contributed by atoms with Crippen molar-refractivity contribution >= 4 is 17.9 Å². The van der Waals surface area contributed by atoms with Gasteiger partial charge in [0.25, 0.3) is 0 Å². The number of unbranched alkanes of at least 4 members (excludes halogenated alkanes) is 26. The molecule has 0 fully saturated rings. The summed E-state index contributed by atoms with van der Waals surface area (Å²) in [7, 11) is 5.53. The number of allylic oxidation sites excluding steroid dienone is 2.